The lowest BCUT2D eigenvalue weighted by Crippen LogP contribution is -2.46. The Morgan fingerprint density at radius 3 is 2.03 bits per heavy atom. The molecule has 0 bridgehead atoms. The average Bonchev–Trinajstić information content (AvgIpc) is 2.77. The first-order chi connectivity index (χ1) is 15.9. The van der Waals surface area contributed by atoms with Crippen LogP contribution in [0.3, 0.4) is 0 Å². The van der Waals surface area contributed by atoms with Gasteiger partial charge in [-0.1, -0.05) is 24.6 Å². The Kier molecular flexibility index (Phi) is 12.6. The maximum atomic E-state index is 12.2. The summed E-state index contributed by atoms with van der Waals surface area (Å²) < 4.78 is 22.9. The van der Waals surface area contributed by atoms with Crippen LogP contribution >= 0.6 is 0 Å². The first kappa shape index (κ1) is 29.9. The van der Waals surface area contributed by atoms with Crippen LogP contribution < -0.4 is 4.74 Å². The Morgan fingerprint density at radius 2 is 1.50 bits per heavy atom. The van der Waals surface area contributed by atoms with Crippen LogP contribution in [0, 0.1) is 18.8 Å². The van der Waals surface area contributed by atoms with E-state index in [1.807, 2.05) is 24.3 Å². The SMILES string of the molecule is CCOC(=O)C(CC[N+](C)(C)CCC(C)(C)OCC(C)COc1ccc(C)cc1)C(=O)OCC. The van der Waals surface area contributed by atoms with E-state index < -0.39 is 17.9 Å². The van der Waals surface area contributed by atoms with Crippen molar-refractivity contribution in [1.82, 2.24) is 0 Å². The number of ether oxygens (including phenoxy) is 4. The highest BCUT2D eigenvalue weighted by Gasteiger charge is 2.33. The molecule has 0 saturated carbocycles. The normalized spacial score (nSPS) is 13.0. The average molecular weight is 481 g/mol. The fourth-order valence-corrected chi connectivity index (χ4v) is 3.34. The molecule has 1 aromatic rings. The Labute approximate surface area is 206 Å². The summed E-state index contributed by atoms with van der Waals surface area (Å²) in [6, 6.07) is 8.06. The van der Waals surface area contributed by atoms with Crippen LogP contribution in [0.2, 0.25) is 0 Å². The number of benzene rings is 1. The summed E-state index contributed by atoms with van der Waals surface area (Å²) in [5.41, 5.74) is 0.916. The molecule has 0 aliphatic heterocycles. The van der Waals surface area contributed by atoms with Crippen LogP contribution in [0.5, 0.6) is 5.75 Å². The number of esters is 2. The van der Waals surface area contributed by atoms with Crippen molar-refractivity contribution in [3.63, 3.8) is 0 Å². The van der Waals surface area contributed by atoms with Gasteiger partial charge in [0, 0.05) is 18.8 Å². The van der Waals surface area contributed by atoms with Crippen LogP contribution in [0.1, 0.15) is 53.0 Å². The van der Waals surface area contributed by atoms with Crippen LogP contribution in [-0.4, -0.2) is 75.6 Å². The second-order valence-electron chi connectivity index (χ2n) is 10.3. The van der Waals surface area contributed by atoms with E-state index in [-0.39, 0.29) is 24.7 Å². The zero-order valence-electron chi connectivity index (χ0n) is 22.5. The zero-order valence-corrected chi connectivity index (χ0v) is 22.5. The third kappa shape index (κ3) is 11.8. The Balaban J connectivity index is 2.48. The number of aryl methyl sites for hydroxylation is 1. The van der Waals surface area contributed by atoms with Gasteiger partial charge in [0.15, 0.2) is 5.92 Å². The van der Waals surface area contributed by atoms with Crippen LogP contribution in [0.25, 0.3) is 0 Å². The van der Waals surface area contributed by atoms with E-state index in [4.69, 9.17) is 18.9 Å². The highest BCUT2D eigenvalue weighted by Crippen LogP contribution is 2.20. The third-order valence-corrected chi connectivity index (χ3v) is 5.80. The molecule has 0 fully saturated rings. The first-order valence-electron chi connectivity index (χ1n) is 12.4. The van der Waals surface area contributed by atoms with Crippen LogP contribution in [0.15, 0.2) is 24.3 Å². The van der Waals surface area contributed by atoms with Gasteiger partial charge in [0.05, 0.1) is 59.2 Å². The summed E-state index contributed by atoms with van der Waals surface area (Å²) in [7, 11) is 4.20. The third-order valence-electron chi connectivity index (χ3n) is 5.80. The molecule has 0 aromatic heterocycles. The summed E-state index contributed by atoms with van der Waals surface area (Å²) in [5, 5.41) is 0. The van der Waals surface area contributed by atoms with Gasteiger partial charge in [-0.25, -0.2) is 0 Å². The molecule has 7 heteroatoms. The van der Waals surface area contributed by atoms with Crippen molar-refractivity contribution in [3.05, 3.63) is 29.8 Å². The van der Waals surface area contributed by atoms with Gasteiger partial charge in [-0.3, -0.25) is 9.59 Å². The van der Waals surface area contributed by atoms with Gasteiger partial charge in [0.25, 0.3) is 0 Å². The van der Waals surface area contributed by atoms with Crippen molar-refractivity contribution in [3.8, 4) is 5.75 Å². The van der Waals surface area contributed by atoms with Gasteiger partial charge >= 0.3 is 11.9 Å². The molecule has 0 radical (unpaired) electrons. The first-order valence-corrected chi connectivity index (χ1v) is 12.4. The number of carbonyl (C=O) groups is 2. The fourth-order valence-electron chi connectivity index (χ4n) is 3.34. The predicted octanol–water partition coefficient (Wildman–Crippen LogP) is 4.40. The second-order valence-corrected chi connectivity index (χ2v) is 10.3. The highest BCUT2D eigenvalue weighted by atomic mass is 16.6. The lowest BCUT2D eigenvalue weighted by molar-refractivity contribution is -0.891. The molecule has 0 heterocycles. The van der Waals surface area contributed by atoms with E-state index in [0.717, 1.165) is 18.7 Å². The number of quaternary nitrogens is 1. The summed E-state index contributed by atoms with van der Waals surface area (Å²) in [4.78, 5) is 24.5. The molecule has 7 nitrogen and oxygen atoms in total. The molecule has 0 amide bonds. The van der Waals surface area contributed by atoms with Gasteiger partial charge in [-0.05, 0) is 46.8 Å². The summed E-state index contributed by atoms with van der Waals surface area (Å²) >= 11 is 0. The summed E-state index contributed by atoms with van der Waals surface area (Å²) in [5.74, 6) is -0.758. The number of nitrogens with zero attached hydrogens (tertiary/aromatic N) is 1. The molecule has 1 unspecified atom stereocenters. The quantitative estimate of drug-likeness (QED) is 0.198. The Hall–Kier alpha value is -2.12. The molecule has 0 aliphatic carbocycles. The van der Waals surface area contributed by atoms with E-state index >= 15 is 0 Å². The standard InChI is InChI=1S/C27H46NO6/c1-9-31-25(29)24(26(30)32-10-2)15-17-28(7,8)18-16-27(5,6)34-20-22(4)19-33-23-13-11-21(3)12-14-23/h11-14,22,24H,9-10,15-20H2,1-8H3/q+1. The summed E-state index contributed by atoms with van der Waals surface area (Å²) in [6.45, 7) is 15.0. The Morgan fingerprint density at radius 1 is 0.941 bits per heavy atom. The highest BCUT2D eigenvalue weighted by molar-refractivity contribution is 5.94. The lowest BCUT2D eigenvalue weighted by Gasteiger charge is -2.35. The molecule has 1 aromatic carbocycles. The van der Waals surface area contributed by atoms with Gasteiger partial charge in [-0.15, -0.1) is 0 Å². The number of carbonyl (C=O) groups excluding carboxylic acids is 2. The molecular formula is C27H46NO6+. The molecular weight excluding hydrogens is 434 g/mol. The smallest absolute Gasteiger partial charge is 0.320 e. The van der Waals surface area contributed by atoms with Crippen LogP contribution in [-0.2, 0) is 23.8 Å². The summed E-state index contributed by atoms with van der Waals surface area (Å²) in [6.07, 6.45) is 1.23. The lowest BCUT2D eigenvalue weighted by atomic mass is 10.0. The molecule has 0 aliphatic rings. The molecule has 0 spiro atoms. The molecule has 194 valence electrons. The maximum absolute atomic E-state index is 12.2. The van der Waals surface area contributed by atoms with Gasteiger partial charge in [0.2, 0.25) is 0 Å². The van der Waals surface area contributed by atoms with Crippen molar-refractivity contribution >= 4 is 11.9 Å². The van der Waals surface area contributed by atoms with E-state index in [2.05, 4.69) is 41.8 Å². The number of rotatable bonds is 16. The van der Waals surface area contributed by atoms with E-state index in [1.165, 1.54) is 5.56 Å². The van der Waals surface area contributed by atoms with Crippen LogP contribution in [0.4, 0.5) is 0 Å². The molecule has 1 rings (SSSR count). The van der Waals surface area contributed by atoms with Crippen molar-refractivity contribution in [2.24, 2.45) is 11.8 Å². The monoisotopic (exact) mass is 480 g/mol. The molecule has 1 atom stereocenters. The number of hydrogen-bond acceptors (Lipinski definition) is 6. The van der Waals surface area contributed by atoms with Crippen molar-refractivity contribution in [1.29, 1.82) is 0 Å². The van der Waals surface area contributed by atoms with Gasteiger partial charge in [-0.2, -0.15) is 0 Å². The number of hydrogen-bond donors (Lipinski definition) is 0. The van der Waals surface area contributed by atoms with Crippen molar-refractivity contribution < 1.29 is 33.0 Å². The maximum Gasteiger partial charge on any atom is 0.320 e. The van der Waals surface area contributed by atoms with E-state index in [0.29, 0.717) is 30.7 Å². The fraction of sp³-hybridized carbons (Fsp3) is 0.704. The van der Waals surface area contributed by atoms with Gasteiger partial charge < -0.3 is 23.4 Å². The van der Waals surface area contributed by atoms with Crippen molar-refractivity contribution in [2.45, 2.75) is 60.0 Å². The minimum atomic E-state index is -0.879. The Bertz CT molecular complexity index is 726. The molecule has 34 heavy (non-hydrogen) atoms. The van der Waals surface area contributed by atoms with Gasteiger partial charge in [0.1, 0.15) is 5.75 Å². The van der Waals surface area contributed by atoms with E-state index in [9.17, 15) is 9.59 Å². The van der Waals surface area contributed by atoms with E-state index in [1.54, 1.807) is 13.8 Å². The minimum Gasteiger partial charge on any atom is -0.493 e. The second kappa shape index (κ2) is 14.3. The van der Waals surface area contributed by atoms with Crippen molar-refractivity contribution in [2.75, 3.05) is 53.6 Å². The zero-order chi connectivity index (χ0) is 25.8. The topological polar surface area (TPSA) is 71.1 Å². The minimum absolute atomic E-state index is 0.243. The predicted molar refractivity (Wildman–Crippen MR) is 134 cm³/mol. The molecule has 0 N–H and O–H groups in total. The molecule has 0 saturated heterocycles. The largest absolute Gasteiger partial charge is 0.493 e.